The molecule has 0 aromatic heterocycles. The van der Waals surface area contributed by atoms with Crippen molar-refractivity contribution >= 4 is 50.4 Å². The van der Waals surface area contributed by atoms with Crippen molar-refractivity contribution in [2.75, 3.05) is 13.1 Å². The van der Waals surface area contributed by atoms with Gasteiger partial charge in [-0.15, -0.1) is 17.0 Å². The van der Waals surface area contributed by atoms with E-state index in [4.69, 9.17) is 0 Å². The molecule has 0 atom stereocenters. The lowest BCUT2D eigenvalue weighted by Crippen LogP contribution is -2.19. The van der Waals surface area contributed by atoms with Crippen molar-refractivity contribution < 1.29 is 0 Å². The topological polar surface area (TPSA) is 15.6 Å². The molecule has 0 amide bonds. The fraction of sp³-hybridized carbons (Fsp3) is 0.235. The minimum Gasteiger partial charge on any atom is -0.318 e. The lowest BCUT2D eigenvalue weighted by Gasteiger charge is -2.17. The summed E-state index contributed by atoms with van der Waals surface area (Å²) in [5.74, 6) is 0. The highest BCUT2D eigenvalue weighted by molar-refractivity contribution is 8.93. The van der Waals surface area contributed by atoms with Crippen LogP contribution in [0.25, 0.3) is 16.5 Å². The lowest BCUT2D eigenvalue weighted by atomic mass is 10.0. The summed E-state index contributed by atoms with van der Waals surface area (Å²) in [5, 5.41) is 3.79. The molecule has 0 radical (unpaired) electrons. The predicted octanol–water partition coefficient (Wildman–Crippen LogP) is 4.91. The molecule has 0 bridgehead atoms. The molecule has 0 unspecified atom stereocenters. The molecule has 2 aromatic carbocycles. The number of amidine groups is 1. The van der Waals surface area contributed by atoms with Crippen LogP contribution in [0.1, 0.15) is 18.9 Å². The van der Waals surface area contributed by atoms with Gasteiger partial charge in [-0.1, -0.05) is 55.1 Å². The largest absolute Gasteiger partial charge is 0.318 e. The van der Waals surface area contributed by atoms with Crippen LogP contribution in [0.2, 0.25) is 0 Å². The summed E-state index contributed by atoms with van der Waals surface area (Å²) in [4.78, 5) is 8.42. The van der Waals surface area contributed by atoms with Crippen LogP contribution in [0.5, 0.6) is 0 Å². The van der Waals surface area contributed by atoms with Gasteiger partial charge in [-0.3, -0.25) is 4.99 Å². The molecule has 0 saturated carbocycles. The molecule has 0 aliphatic carbocycles. The van der Waals surface area contributed by atoms with Gasteiger partial charge in [-0.05, 0) is 28.8 Å². The maximum atomic E-state index is 4.60. The Morgan fingerprint density at radius 1 is 1.14 bits per heavy atom. The third-order valence-corrected chi connectivity index (χ3v) is 5.15. The number of aliphatic imine (C=N–C) groups is 1. The molecule has 4 rings (SSSR count). The van der Waals surface area contributed by atoms with E-state index < -0.39 is 0 Å². The molecule has 0 saturated heterocycles. The summed E-state index contributed by atoms with van der Waals surface area (Å²) in [5.41, 5.74) is 2.69. The van der Waals surface area contributed by atoms with Crippen LogP contribution in [-0.2, 0) is 0 Å². The Bertz CT molecular complexity index is 751. The van der Waals surface area contributed by atoms with Gasteiger partial charge in [0.15, 0.2) is 5.17 Å². The molecule has 0 N–H and O–H groups in total. The molecule has 21 heavy (non-hydrogen) atoms. The fourth-order valence-electron chi connectivity index (χ4n) is 2.92. The fourth-order valence-corrected chi connectivity index (χ4v) is 4.06. The standard InChI is InChI=1S/C17H16N2S.BrH/c1-2-15-16(19-10-9-18-17(19)20-15)14-8-7-12-5-3-4-6-13(12)11-14;/h3-8,11H,2,9-10H2,1H3;1H. The van der Waals surface area contributed by atoms with E-state index in [1.165, 1.54) is 32.1 Å². The van der Waals surface area contributed by atoms with Gasteiger partial charge in [0.1, 0.15) is 0 Å². The monoisotopic (exact) mass is 360 g/mol. The highest BCUT2D eigenvalue weighted by Crippen LogP contribution is 2.43. The first-order valence-electron chi connectivity index (χ1n) is 7.09. The molecule has 2 aliphatic heterocycles. The van der Waals surface area contributed by atoms with Crippen molar-refractivity contribution in [1.82, 2.24) is 4.90 Å². The minimum absolute atomic E-state index is 0. The van der Waals surface area contributed by atoms with Crippen LogP contribution in [0.15, 0.2) is 52.4 Å². The van der Waals surface area contributed by atoms with Gasteiger partial charge in [-0.25, -0.2) is 0 Å². The Hall–Kier alpha value is -1.26. The highest BCUT2D eigenvalue weighted by Gasteiger charge is 2.31. The summed E-state index contributed by atoms with van der Waals surface area (Å²) in [6.07, 6.45) is 1.07. The number of hydrogen-bond acceptors (Lipinski definition) is 3. The second-order valence-electron chi connectivity index (χ2n) is 5.11. The van der Waals surface area contributed by atoms with Gasteiger partial charge in [0.2, 0.25) is 0 Å². The maximum absolute atomic E-state index is 4.60. The molecule has 0 spiro atoms. The van der Waals surface area contributed by atoms with Crippen molar-refractivity contribution in [3.8, 4) is 0 Å². The molecule has 4 heteroatoms. The Morgan fingerprint density at radius 3 is 2.76 bits per heavy atom. The number of fused-ring (bicyclic) bond motifs is 2. The molecule has 108 valence electrons. The first-order chi connectivity index (χ1) is 9.86. The van der Waals surface area contributed by atoms with Crippen LogP contribution in [-0.4, -0.2) is 23.2 Å². The number of nitrogens with zero attached hydrogens (tertiary/aromatic N) is 2. The molecular formula is C17H17BrN2S. The van der Waals surface area contributed by atoms with Crippen molar-refractivity contribution in [3.05, 3.63) is 52.9 Å². The van der Waals surface area contributed by atoms with E-state index in [9.17, 15) is 0 Å². The van der Waals surface area contributed by atoms with Crippen LogP contribution >= 0.6 is 28.7 Å². The van der Waals surface area contributed by atoms with Crippen molar-refractivity contribution in [3.63, 3.8) is 0 Å². The van der Waals surface area contributed by atoms with Crippen LogP contribution in [0.3, 0.4) is 0 Å². The van der Waals surface area contributed by atoms with E-state index in [0.29, 0.717) is 0 Å². The molecule has 0 fully saturated rings. The van der Waals surface area contributed by atoms with E-state index >= 15 is 0 Å². The van der Waals surface area contributed by atoms with Gasteiger partial charge < -0.3 is 4.90 Å². The van der Waals surface area contributed by atoms with E-state index in [0.717, 1.165) is 19.5 Å². The minimum atomic E-state index is 0. The van der Waals surface area contributed by atoms with Gasteiger partial charge >= 0.3 is 0 Å². The zero-order chi connectivity index (χ0) is 13.5. The first kappa shape index (κ1) is 14.7. The Balaban J connectivity index is 0.00000132. The quantitative estimate of drug-likeness (QED) is 0.755. The van der Waals surface area contributed by atoms with Gasteiger partial charge in [0, 0.05) is 11.4 Å². The zero-order valence-electron chi connectivity index (χ0n) is 11.9. The van der Waals surface area contributed by atoms with Gasteiger partial charge in [0.05, 0.1) is 12.2 Å². The summed E-state index contributed by atoms with van der Waals surface area (Å²) in [7, 11) is 0. The lowest BCUT2D eigenvalue weighted by molar-refractivity contribution is 0.647. The maximum Gasteiger partial charge on any atom is 0.168 e. The number of halogens is 1. The van der Waals surface area contributed by atoms with E-state index in [1.54, 1.807) is 0 Å². The Morgan fingerprint density at radius 2 is 1.95 bits per heavy atom. The zero-order valence-corrected chi connectivity index (χ0v) is 14.4. The van der Waals surface area contributed by atoms with Gasteiger partial charge in [-0.2, -0.15) is 0 Å². The smallest absolute Gasteiger partial charge is 0.168 e. The third-order valence-electron chi connectivity index (χ3n) is 3.89. The van der Waals surface area contributed by atoms with E-state index in [1.807, 2.05) is 11.8 Å². The number of allylic oxidation sites excluding steroid dienone is 1. The van der Waals surface area contributed by atoms with Crippen LogP contribution in [0.4, 0.5) is 0 Å². The Kier molecular flexibility index (Phi) is 4.09. The first-order valence-corrected chi connectivity index (χ1v) is 7.90. The van der Waals surface area contributed by atoms with Gasteiger partial charge in [0.25, 0.3) is 0 Å². The Labute approximate surface area is 139 Å². The van der Waals surface area contributed by atoms with Crippen molar-refractivity contribution in [2.45, 2.75) is 13.3 Å². The molecule has 2 heterocycles. The van der Waals surface area contributed by atoms with E-state index in [-0.39, 0.29) is 17.0 Å². The molecule has 2 aliphatic rings. The summed E-state index contributed by atoms with van der Waals surface area (Å²) in [6, 6.07) is 15.3. The predicted molar refractivity (Wildman–Crippen MR) is 98.1 cm³/mol. The molecule has 2 nitrogen and oxygen atoms in total. The molecule has 2 aromatic rings. The second kappa shape index (κ2) is 5.85. The molecular weight excluding hydrogens is 344 g/mol. The highest BCUT2D eigenvalue weighted by atomic mass is 79.9. The van der Waals surface area contributed by atoms with Crippen molar-refractivity contribution in [1.29, 1.82) is 0 Å². The summed E-state index contributed by atoms with van der Waals surface area (Å²) in [6.45, 7) is 4.18. The summed E-state index contributed by atoms with van der Waals surface area (Å²) < 4.78 is 0. The average molecular weight is 361 g/mol. The number of benzene rings is 2. The number of hydrogen-bond donors (Lipinski definition) is 0. The normalized spacial score (nSPS) is 17.0. The third kappa shape index (κ3) is 2.40. The summed E-state index contributed by atoms with van der Waals surface area (Å²) >= 11 is 1.85. The number of thioether (sulfide) groups is 1. The van der Waals surface area contributed by atoms with Crippen molar-refractivity contribution in [2.24, 2.45) is 4.99 Å². The second-order valence-corrected chi connectivity index (χ2v) is 6.17. The number of rotatable bonds is 2. The average Bonchev–Trinajstić information content (AvgIpc) is 3.06. The van der Waals surface area contributed by atoms with E-state index in [2.05, 4.69) is 59.3 Å². The van der Waals surface area contributed by atoms with Crippen LogP contribution < -0.4 is 0 Å². The van der Waals surface area contributed by atoms with Crippen LogP contribution in [0, 0.1) is 0 Å². The SMILES string of the molecule is Br.CCC1=C(c2ccc3ccccc3c2)N2CCN=C2S1.